The number of benzene rings is 1. The number of halogens is 1. The zero-order valence-corrected chi connectivity index (χ0v) is 13.2. The molecule has 0 N–H and O–H groups in total. The highest BCUT2D eigenvalue weighted by Gasteiger charge is 2.13. The zero-order chi connectivity index (χ0) is 15.0. The van der Waals surface area contributed by atoms with E-state index in [4.69, 9.17) is 9.47 Å². The number of amides is 1. The summed E-state index contributed by atoms with van der Waals surface area (Å²) in [4.78, 5) is 24.3. The minimum Gasteiger partial charge on any atom is -0.493 e. The summed E-state index contributed by atoms with van der Waals surface area (Å²) in [5, 5.41) is 0. The first-order valence-electron chi connectivity index (χ1n) is 6.31. The summed E-state index contributed by atoms with van der Waals surface area (Å²) in [5.41, 5.74) is 0. The molecule has 0 fully saturated rings. The number of rotatable bonds is 7. The SMILES string of the molecule is CCOC(=O)CN(C)C(=O)CCOc1cccc(Br)c1. The first kappa shape index (κ1) is 16.5. The van der Waals surface area contributed by atoms with Crippen LogP contribution in [-0.2, 0) is 14.3 Å². The number of nitrogens with zero attached hydrogens (tertiary/aromatic N) is 1. The van der Waals surface area contributed by atoms with Gasteiger partial charge in [0.25, 0.3) is 0 Å². The van der Waals surface area contributed by atoms with E-state index in [0.717, 1.165) is 4.47 Å². The summed E-state index contributed by atoms with van der Waals surface area (Å²) in [7, 11) is 1.57. The summed E-state index contributed by atoms with van der Waals surface area (Å²) in [6, 6.07) is 7.39. The van der Waals surface area contributed by atoms with E-state index < -0.39 is 5.97 Å². The number of hydrogen-bond acceptors (Lipinski definition) is 4. The van der Waals surface area contributed by atoms with Crippen LogP contribution in [0, 0.1) is 0 Å². The second kappa shape index (κ2) is 8.58. The Hall–Kier alpha value is -1.56. The zero-order valence-electron chi connectivity index (χ0n) is 11.6. The lowest BCUT2D eigenvalue weighted by molar-refractivity contribution is -0.148. The molecule has 0 aliphatic heterocycles. The maximum Gasteiger partial charge on any atom is 0.325 e. The number of carbonyl (C=O) groups is 2. The number of likely N-dealkylation sites (N-methyl/N-ethyl adjacent to an activating group) is 1. The molecular weight excluding hydrogens is 326 g/mol. The molecule has 0 aliphatic rings. The molecule has 5 nitrogen and oxygen atoms in total. The molecule has 110 valence electrons. The van der Waals surface area contributed by atoms with Crippen molar-refractivity contribution in [3.8, 4) is 5.75 Å². The number of carbonyl (C=O) groups excluding carboxylic acids is 2. The van der Waals surface area contributed by atoms with Gasteiger partial charge >= 0.3 is 5.97 Å². The normalized spacial score (nSPS) is 9.95. The van der Waals surface area contributed by atoms with Crippen molar-refractivity contribution in [1.29, 1.82) is 0 Å². The van der Waals surface area contributed by atoms with Gasteiger partial charge in [-0.15, -0.1) is 0 Å². The molecule has 1 amide bonds. The van der Waals surface area contributed by atoms with Crippen LogP contribution in [0.1, 0.15) is 13.3 Å². The number of hydrogen-bond donors (Lipinski definition) is 0. The van der Waals surface area contributed by atoms with Crippen molar-refractivity contribution in [2.45, 2.75) is 13.3 Å². The monoisotopic (exact) mass is 343 g/mol. The molecular formula is C14H18BrNO4. The molecule has 1 aromatic rings. The van der Waals surface area contributed by atoms with Gasteiger partial charge in [0.2, 0.25) is 5.91 Å². The van der Waals surface area contributed by atoms with E-state index in [0.29, 0.717) is 12.4 Å². The molecule has 0 unspecified atom stereocenters. The van der Waals surface area contributed by atoms with Gasteiger partial charge in [-0.1, -0.05) is 22.0 Å². The molecule has 0 heterocycles. The van der Waals surface area contributed by atoms with Crippen LogP contribution < -0.4 is 4.74 Å². The van der Waals surface area contributed by atoms with Crippen molar-refractivity contribution < 1.29 is 19.1 Å². The van der Waals surface area contributed by atoms with Crippen LogP contribution in [-0.4, -0.2) is 43.6 Å². The predicted octanol–water partition coefficient (Wildman–Crippen LogP) is 2.24. The molecule has 0 aromatic heterocycles. The van der Waals surface area contributed by atoms with E-state index in [-0.39, 0.29) is 25.5 Å². The van der Waals surface area contributed by atoms with Crippen LogP contribution in [0.5, 0.6) is 5.75 Å². The third kappa shape index (κ3) is 6.06. The Morgan fingerprint density at radius 3 is 2.75 bits per heavy atom. The van der Waals surface area contributed by atoms with Crippen molar-refractivity contribution in [1.82, 2.24) is 4.90 Å². The Labute approximate surface area is 127 Å². The molecule has 0 atom stereocenters. The van der Waals surface area contributed by atoms with Crippen LogP contribution in [0.15, 0.2) is 28.7 Å². The van der Waals surface area contributed by atoms with Gasteiger partial charge in [0.1, 0.15) is 12.3 Å². The van der Waals surface area contributed by atoms with Gasteiger partial charge in [0.15, 0.2) is 0 Å². The summed E-state index contributed by atoms with van der Waals surface area (Å²) in [6.07, 6.45) is 0.211. The maximum absolute atomic E-state index is 11.8. The quantitative estimate of drug-likeness (QED) is 0.712. The molecule has 1 rings (SSSR count). The fourth-order valence-corrected chi connectivity index (χ4v) is 1.87. The average Bonchev–Trinajstić information content (AvgIpc) is 2.38. The summed E-state index contributed by atoms with van der Waals surface area (Å²) < 4.78 is 11.2. The minimum atomic E-state index is -0.406. The average molecular weight is 344 g/mol. The van der Waals surface area contributed by atoms with Gasteiger partial charge in [-0.3, -0.25) is 9.59 Å². The molecule has 1 aromatic carbocycles. The molecule has 0 saturated heterocycles. The molecule has 0 radical (unpaired) electrons. The first-order valence-corrected chi connectivity index (χ1v) is 7.10. The lowest BCUT2D eigenvalue weighted by atomic mass is 10.3. The molecule has 0 spiro atoms. The van der Waals surface area contributed by atoms with E-state index in [1.54, 1.807) is 14.0 Å². The second-order valence-corrected chi connectivity index (χ2v) is 5.03. The maximum atomic E-state index is 11.8. The Bertz CT molecular complexity index is 464. The van der Waals surface area contributed by atoms with Gasteiger partial charge in [-0.05, 0) is 25.1 Å². The fraction of sp³-hybridized carbons (Fsp3) is 0.429. The van der Waals surface area contributed by atoms with Crippen LogP contribution in [0.25, 0.3) is 0 Å². The molecule has 0 saturated carbocycles. The predicted molar refractivity (Wildman–Crippen MR) is 78.5 cm³/mol. The molecule has 0 bridgehead atoms. The lowest BCUT2D eigenvalue weighted by Gasteiger charge is -2.16. The van der Waals surface area contributed by atoms with Crippen molar-refractivity contribution in [3.05, 3.63) is 28.7 Å². The molecule has 6 heteroatoms. The van der Waals surface area contributed by atoms with Crippen LogP contribution >= 0.6 is 15.9 Å². The number of ether oxygens (including phenoxy) is 2. The highest BCUT2D eigenvalue weighted by Crippen LogP contribution is 2.17. The van der Waals surface area contributed by atoms with Gasteiger partial charge in [-0.25, -0.2) is 0 Å². The van der Waals surface area contributed by atoms with Crippen molar-refractivity contribution in [3.63, 3.8) is 0 Å². The highest BCUT2D eigenvalue weighted by atomic mass is 79.9. The molecule has 20 heavy (non-hydrogen) atoms. The Balaban J connectivity index is 2.30. The van der Waals surface area contributed by atoms with Crippen molar-refractivity contribution >= 4 is 27.8 Å². The van der Waals surface area contributed by atoms with Gasteiger partial charge < -0.3 is 14.4 Å². The standard InChI is InChI=1S/C14H18BrNO4/c1-3-19-14(18)10-16(2)13(17)7-8-20-12-6-4-5-11(15)9-12/h4-6,9H,3,7-8,10H2,1-2H3. The highest BCUT2D eigenvalue weighted by molar-refractivity contribution is 9.10. The third-order valence-corrected chi connectivity index (χ3v) is 2.97. The van der Waals surface area contributed by atoms with Gasteiger partial charge in [-0.2, -0.15) is 0 Å². The van der Waals surface area contributed by atoms with Crippen LogP contribution in [0.4, 0.5) is 0 Å². The smallest absolute Gasteiger partial charge is 0.325 e. The van der Waals surface area contributed by atoms with E-state index >= 15 is 0 Å². The third-order valence-electron chi connectivity index (χ3n) is 2.48. The fourth-order valence-electron chi connectivity index (χ4n) is 1.49. The lowest BCUT2D eigenvalue weighted by Crippen LogP contribution is -2.33. The number of esters is 1. The summed E-state index contributed by atoms with van der Waals surface area (Å²) >= 11 is 3.34. The minimum absolute atomic E-state index is 0.0381. The Morgan fingerprint density at radius 1 is 1.35 bits per heavy atom. The van der Waals surface area contributed by atoms with E-state index in [1.165, 1.54) is 4.90 Å². The van der Waals surface area contributed by atoms with Gasteiger partial charge in [0.05, 0.1) is 19.6 Å². The topological polar surface area (TPSA) is 55.8 Å². The van der Waals surface area contributed by atoms with E-state index in [1.807, 2.05) is 24.3 Å². The van der Waals surface area contributed by atoms with E-state index in [2.05, 4.69) is 15.9 Å². The summed E-state index contributed by atoms with van der Waals surface area (Å²) in [5.74, 6) is 0.129. The Kier molecular flexibility index (Phi) is 7.08. The second-order valence-electron chi connectivity index (χ2n) is 4.11. The van der Waals surface area contributed by atoms with Gasteiger partial charge in [0, 0.05) is 11.5 Å². The largest absolute Gasteiger partial charge is 0.493 e. The molecule has 0 aliphatic carbocycles. The van der Waals surface area contributed by atoms with Crippen LogP contribution in [0.2, 0.25) is 0 Å². The van der Waals surface area contributed by atoms with Crippen LogP contribution in [0.3, 0.4) is 0 Å². The Morgan fingerprint density at radius 2 is 2.10 bits per heavy atom. The van der Waals surface area contributed by atoms with Crippen molar-refractivity contribution in [2.24, 2.45) is 0 Å². The summed E-state index contributed by atoms with van der Waals surface area (Å²) in [6.45, 7) is 2.27. The van der Waals surface area contributed by atoms with Crippen molar-refractivity contribution in [2.75, 3.05) is 26.8 Å². The van der Waals surface area contributed by atoms with E-state index in [9.17, 15) is 9.59 Å². The first-order chi connectivity index (χ1) is 9.52.